The van der Waals surface area contributed by atoms with Gasteiger partial charge in [0.1, 0.15) is 11.3 Å². The summed E-state index contributed by atoms with van der Waals surface area (Å²) >= 11 is 0. The van der Waals surface area contributed by atoms with Crippen molar-refractivity contribution in [3.05, 3.63) is 76.1 Å². The lowest BCUT2D eigenvalue weighted by atomic mass is 10.1. The van der Waals surface area contributed by atoms with E-state index in [2.05, 4.69) is 30.9 Å². The van der Waals surface area contributed by atoms with Crippen LogP contribution in [-0.4, -0.2) is 18.1 Å². The van der Waals surface area contributed by atoms with Crippen molar-refractivity contribution in [3.63, 3.8) is 0 Å². The molecule has 0 unspecified atom stereocenters. The Labute approximate surface area is 147 Å². The Morgan fingerprint density at radius 1 is 1.04 bits per heavy atom. The first-order chi connectivity index (χ1) is 12.1. The highest BCUT2D eigenvalue weighted by molar-refractivity contribution is 5.81. The minimum atomic E-state index is -0.334. The van der Waals surface area contributed by atoms with E-state index in [0.717, 1.165) is 17.5 Å². The summed E-state index contributed by atoms with van der Waals surface area (Å²) in [7, 11) is 1.60. The van der Waals surface area contributed by atoms with Crippen LogP contribution in [0.5, 0.6) is 5.75 Å². The lowest BCUT2D eigenvalue weighted by Crippen LogP contribution is -2.30. The van der Waals surface area contributed by atoms with Gasteiger partial charge in [0.05, 0.1) is 7.11 Å². The zero-order valence-electron chi connectivity index (χ0n) is 14.9. The van der Waals surface area contributed by atoms with Gasteiger partial charge in [-0.3, -0.25) is 4.90 Å². The molecule has 130 valence electrons. The van der Waals surface area contributed by atoms with Gasteiger partial charge in [-0.25, -0.2) is 4.79 Å². The Hall–Kier alpha value is -2.59. The van der Waals surface area contributed by atoms with E-state index < -0.39 is 0 Å². The molecule has 2 aromatic carbocycles. The highest BCUT2D eigenvalue weighted by atomic mass is 16.5. The predicted octanol–water partition coefficient (Wildman–Crippen LogP) is 4.21. The van der Waals surface area contributed by atoms with Crippen LogP contribution in [0, 0.1) is 0 Å². The summed E-state index contributed by atoms with van der Waals surface area (Å²) < 4.78 is 10.6. The fourth-order valence-corrected chi connectivity index (χ4v) is 2.93. The SMILES string of the molecule is COc1ccc2c(CN(Cc3ccccc3)C(C)C)cc(=O)oc2c1. The van der Waals surface area contributed by atoms with Gasteiger partial charge in [0.25, 0.3) is 0 Å². The monoisotopic (exact) mass is 337 g/mol. The van der Waals surface area contributed by atoms with Crippen molar-refractivity contribution < 1.29 is 9.15 Å². The van der Waals surface area contributed by atoms with Crippen LogP contribution in [-0.2, 0) is 13.1 Å². The minimum Gasteiger partial charge on any atom is -0.497 e. The van der Waals surface area contributed by atoms with E-state index >= 15 is 0 Å². The maximum absolute atomic E-state index is 12.0. The van der Waals surface area contributed by atoms with Gasteiger partial charge in [0.2, 0.25) is 0 Å². The molecule has 0 fully saturated rings. The highest BCUT2D eigenvalue weighted by Gasteiger charge is 2.14. The third-order valence-corrected chi connectivity index (χ3v) is 4.37. The summed E-state index contributed by atoms with van der Waals surface area (Å²) in [5, 5.41) is 0.944. The Morgan fingerprint density at radius 2 is 1.80 bits per heavy atom. The normalized spacial score (nSPS) is 11.4. The standard InChI is InChI=1S/C21H23NO3/c1-15(2)22(13-16-7-5-4-6-8-16)14-17-11-21(23)25-20-12-18(24-3)9-10-19(17)20/h4-12,15H,13-14H2,1-3H3. The first-order valence-corrected chi connectivity index (χ1v) is 8.45. The van der Waals surface area contributed by atoms with Crippen molar-refractivity contribution in [1.29, 1.82) is 0 Å². The van der Waals surface area contributed by atoms with Gasteiger partial charge in [-0.2, -0.15) is 0 Å². The van der Waals surface area contributed by atoms with Gasteiger partial charge in [0, 0.05) is 36.7 Å². The van der Waals surface area contributed by atoms with Crippen molar-refractivity contribution in [3.8, 4) is 5.75 Å². The summed E-state index contributed by atoms with van der Waals surface area (Å²) in [5.74, 6) is 0.679. The second-order valence-corrected chi connectivity index (χ2v) is 6.44. The number of hydrogen-bond donors (Lipinski definition) is 0. The number of rotatable bonds is 6. The van der Waals surface area contributed by atoms with Crippen LogP contribution < -0.4 is 10.4 Å². The molecule has 0 spiro atoms. The molecule has 0 aliphatic rings. The van der Waals surface area contributed by atoms with Crippen LogP contribution >= 0.6 is 0 Å². The lowest BCUT2D eigenvalue weighted by Gasteiger charge is -2.27. The molecule has 0 radical (unpaired) electrons. The zero-order chi connectivity index (χ0) is 17.8. The number of benzene rings is 2. The highest BCUT2D eigenvalue weighted by Crippen LogP contribution is 2.24. The largest absolute Gasteiger partial charge is 0.497 e. The first kappa shape index (κ1) is 17.2. The Kier molecular flexibility index (Phi) is 5.19. The summed E-state index contributed by atoms with van der Waals surface area (Å²) in [6, 6.07) is 17.9. The Bertz CT molecular complexity index is 900. The number of hydrogen-bond acceptors (Lipinski definition) is 4. The average molecular weight is 337 g/mol. The van der Waals surface area contributed by atoms with Gasteiger partial charge in [-0.05, 0) is 37.1 Å². The molecule has 0 amide bonds. The second kappa shape index (κ2) is 7.53. The molecular formula is C21H23NO3. The van der Waals surface area contributed by atoms with E-state index in [9.17, 15) is 4.79 Å². The quantitative estimate of drug-likeness (QED) is 0.632. The second-order valence-electron chi connectivity index (χ2n) is 6.44. The Morgan fingerprint density at radius 3 is 2.48 bits per heavy atom. The molecule has 1 heterocycles. The maximum atomic E-state index is 12.0. The molecule has 0 aliphatic heterocycles. The van der Waals surface area contributed by atoms with Gasteiger partial charge < -0.3 is 9.15 Å². The molecule has 4 heteroatoms. The fraction of sp³-hybridized carbons (Fsp3) is 0.286. The van der Waals surface area contributed by atoms with E-state index in [1.807, 2.05) is 30.3 Å². The fourth-order valence-electron chi connectivity index (χ4n) is 2.93. The van der Waals surface area contributed by atoms with Crippen LogP contribution in [0.15, 0.2) is 63.8 Å². The molecule has 25 heavy (non-hydrogen) atoms. The third-order valence-electron chi connectivity index (χ3n) is 4.37. The van der Waals surface area contributed by atoms with Crippen LogP contribution in [0.1, 0.15) is 25.0 Å². The number of methoxy groups -OCH3 is 1. The minimum absolute atomic E-state index is 0.334. The maximum Gasteiger partial charge on any atom is 0.336 e. The van der Waals surface area contributed by atoms with E-state index in [0.29, 0.717) is 23.9 Å². The summed E-state index contributed by atoms with van der Waals surface area (Å²) in [6.07, 6.45) is 0. The topological polar surface area (TPSA) is 42.7 Å². The van der Waals surface area contributed by atoms with E-state index in [1.165, 1.54) is 5.56 Å². The van der Waals surface area contributed by atoms with Crippen LogP contribution in [0.3, 0.4) is 0 Å². The van der Waals surface area contributed by atoms with Gasteiger partial charge in [-0.15, -0.1) is 0 Å². The lowest BCUT2D eigenvalue weighted by molar-refractivity contribution is 0.204. The first-order valence-electron chi connectivity index (χ1n) is 8.45. The van der Waals surface area contributed by atoms with Crippen LogP contribution in [0.25, 0.3) is 11.0 Å². The average Bonchev–Trinajstić information content (AvgIpc) is 2.61. The van der Waals surface area contributed by atoms with Crippen molar-refractivity contribution in [2.45, 2.75) is 33.0 Å². The van der Waals surface area contributed by atoms with Crippen LogP contribution in [0.4, 0.5) is 0 Å². The van der Waals surface area contributed by atoms with Crippen molar-refractivity contribution in [2.24, 2.45) is 0 Å². The summed E-state index contributed by atoms with van der Waals surface area (Å²) in [4.78, 5) is 14.3. The van der Waals surface area contributed by atoms with Gasteiger partial charge in [0.15, 0.2) is 0 Å². The summed E-state index contributed by atoms with van der Waals surface area (Å²) in [6.45, 7) is 5.84. The molecule has 0 bridgehead atoms. The summed E-state index contributed by atoms with van der Waals surface area (Å²) in [5.41, 5.74) is 2.45. The van der Waals surface area contributed by atoms with Gasteiger partial charge in [-0.1, -0.05) is 30.3 Å². The zero-order valence-corrected chi connectivity index (χ0v) is 14.9. The molecule has 1 aromatic heterocycles. The van der Waals surface area contributed by atoms with E-state index in [4.69, 9.17) is 9.15 Å². The predicted molar refractivity (Wildman–Crippen MR) is 99.9 cm³/mol. The third kappa shape index (κ3) is 4.09. The molecular weight excluding hydrogens is 314 g/mol. The number of nitrogens with zero attached hydrogens (tertiary/aromatic N) is 1. The molecule has 4 nitrogen and oxygen atoms in total. The van der Waals surface area contributed by atoms with Crippen LogP contribution in [0.2, 0.25) is 0 Å². The van der Waals surface area contributed by atoms with Crippen molar-refractivity contribution >= 4 is 11.0 Å². The van der Waals surface area contributed by atoms with Crippen molar-refractivity contribution in [1.82, 2.24) is 4.90 Å². The smallest absolute Gasteiger partial charge is 0.336 e. The molecule has 0 N–H and O–H groups in total. The number of fused-ring (bicyclic) bond motifs is 1. The molecule has 0 saturated carbocycles. The molecule has 0 saturated heterocycles. The van der Waals surface area contributed by atoms with Crippen molar-refractivity contribution in [2.75, 3.05) is 7.11 Å². The number of ether oxygens (including phenoxy) is 1. The molecule has 0 aliphatic carbocycles. The molecule has 3 aromatic rings. The van der Waals surface area contributed by atoms with E-state index in [-0.39, 0.29) is 5.63 Å². The van der Waals surface area contributed by atoms with E-state index in [1.54, 1.807) is 19.2 Å². The molecule has 3 rings (SSSR count). The van der Waals surface area contributed by atoms with Gasteiger partial charge >= 0.3 is 5.63 Å². The Balaban J connectivity index is 1.95. The molecule has 0 atom stereocenters.